The molecule has 0 fully saturated rings. The zero-order chi connectivity index (χ0) is 32.3. The Hall–Kier alpha value is -0.660. The largest absolute Gasteiger partial charge is 0.356 e. The number of nitrogens with zero attached hydrogens (tertiary/aromatic N) is 2. The van der Waals surface area contributed by atoms with E-state index < -0.39 is 0 Å². The maximum Gasteiger partial charge on any atom is 0.101 e. The van der Waals surface area contributed by atoms with Crippen LogP contribution in [0.3, 0.4) is 0 Å². The summed E-state index contributed by atoms with van der Waals surface area (Å²) in [5, 5.41) is 0. The van der Waals surface area contributed by atoms with E-state index in [1.165, 1.54) is 238 Å². The molecule has 0 amide bonds. The van der Waals surface area contributed by atoms with Gasteiger partial charge in [-0.3, -0.25) is 0 Å². The summed E-state index contributed by atoms with van der Waals surface area (Å²) in [5.41, 5.74) is 0. The van der Waals surface area contributed by atoms with Crippen LogP contribution in [0.4, 0.5) is 0 Å². The lowest BCUT2D eigenvalue weighted by Gasteiger charge is -2.33. The molecule has 1 aliphatic rings. The minimum Gasteiger partial charge on any atom is -0.356 e. The average Bonchev–Trinajstić information content (AvgIpc) is 3.43. The van der Waals surface area contributed by atoms with Gasteiger partial charge in [-0.05, 0) is 25.7 Å². The van der Waals surface area contributed by atoms with Crippen LogP contribution >= 0.6 is 0 Å². The number of hydrogen-bond acceptors (Lipinski definition) is 2. The van der Waals surface area contributed by atoms with Crippen molar-refractivity contribution < 1.29 is 0 Å². The molecule has 0 aromatic carbocycles. The Bertz CT molecular complexity index is 586. The molecule has 2 heteroatoms. The Morgan fingerprint density at radius 3 is 0.778 bits per heavy atom. The Morgan fingerprint density at radius 1 is 0.289 bits per heavy atom. The lowest BCUT2D eigenvalue weighted by atomic mass is 10.0. The topological polar surface area (TPSA) is 6.48 Å². The lowest BCUT2D eigenvalue weighted by Crippen LogP contribution is -2.39. The first-order valence-corrected chi connectivity index (χ1v) is 21.5. The van der Waals surface area contributed by atoms with Gasteiger partial charge in [0.25, 0.3) is 0 Å². The number of rotatable bonds is 37. The molecular formula is C43H86N2. The van der Waals surface area contributed by atoms with Crippen LogP contribution in [0, 0.1) is 0 Å². The van der Waals surface area contributed by atoms with E-state index >= 15 is 0 Å². The van der Waals surface area contributed by atoms with Crippen LogP contribution in [0.25, 0.3) is 0 Å². The van der Waals surface area contributed by atoms with E-state index in [2.05, 4.69) is 43.0 Å². The van der Waals surface area contributed by atoms with Crippen molar-refractivity contribution in [3.8, 4) is 0 Å². The molecule has 45 heavy (non-hydrogen) atoms. The second-order valence-electron chi connectivity index (χ2n) is 15.0. The summed E-state index contributed by atoms with van der Waals surface area (Å²) in [7, 11) is 0. The predicted octanol–water partition coefficient (Wildman–Crippen LogP) is 15.1. The molecule has 0 N–H and O–H groups in total. The molecule has 0 saturated carbocycles. The third-order valence-electron chi connectivity index (χ3n) is 10.6. The number of hydrogen-bond donors (Lipinski definition) is 0. The van der Waals surface area contributed by atoms with E-state index in [4.69, 9.17) is 0 Å². The molecule has 2 nitrogen and oxygen atoms in total. The minimum absolute atomic E-state index is 0.639. The molecule has 1 aliphatic heterocycles. The summed E-state index contributed by atoms with van der Waals surface area (Å²) in [6.07, 6.45) is 55.9. The number of unbranched alkanes of at least 4 members (excludes halogenated alkanes) is 31. The SMILES string of the molecule is CCCCCCCCCCCCCCCCCCN1C=CN(CCCCCCCCCCCCC)C1CCCCCCCCC. The van der Waals surface area contributed by atoms with E-state index in [1.54, 1.807) is 0 Å². The van der Waals surface area contributed by atoms with Gasteiger partial charge in [0.2, 0.25) is 0 Å². The highest BCUT2D eigenvalue weighted by Gasteiger charge is 2.24. The zero-order valence-electron chi connectivity index (χ0n) is 31.8. The molecule has 0 bridgehead atoms. The molecule has 0 aromatic heterocycles. The predicted molar refractivity (Wildman–Crippen MR) is 205 cm³/mol. The van der Waals surface area contributed by atoms with Crippen LogP contribution < -0.4 is 0 Å². The Morgan fingerprint density at radius 2 is 0.511 bits per heavy atom. The summed E-state index contributed by atoms with van der Waals surface area (Å²) < 4.78 is 0. The van der Waals surface area contributed by atoms with E-state index in [1.807, 2.05) is 0 Å². The molecular weight excluding hydrogens is 544 g/mol. The standard InChI is InChI=1S/C43H86N2/c1-4-7-10-13-16-18-20-21-22-23-24-26-28-31-34-37-40-45-42-41-44(43(45)38-35-32-29-15-12-9-6-3)39-36-33-30-27-25-19-17-14-11-8-5-2/h41-43H,4-40H2,1-3H3. The molecule has 1 heterocycles. The minimum atomic E-state index is 0.639. The van der Waals surface area contributed by atoms with E-state index in [0.29, 0.717) is 6.17 Å². The van der Waals surface area contributed by atoms with Crippen LogP contribution in [-0.4, -0.2) is 29.1 Å². The molecule has 0 aromatic rings. The van der Waals surface area contributed by atoms with Gasteiger partial charge in [0.15, 0.2) is 0 Å². The highest BCUT2D eigenvalue weighted by Crippen LogP contribution is 2.24. The first-order chi connectivity index (χ1) is 22.3. The van der Waals surface area contributed by atoms with Gasteiger partial charge >= 0.3 is 0 Å². The van der Waals surface area contributed by atoms with Gasteiger partial charge < -0.3 is 9.80 Å². The highest BCUT2D eigenvalue weighted by molar-refractivity contribution is 4.97. The molecule has 1 atom stereocenters. The van der Waals surface area contributed by atoms with Crippen LogP contribution in [0.1, 0.15) is 245 Å². The van der Waals surface area contributed by atoms with Crippen LogP contribution in [0.2, 0.25) is 0 Å². The van der Waals surface area contributed by atoms with Gasteiger partial charge in [-0.2, -0.15) is 0 Å². The second kappa shape index (κ2) is 34.7. The molecule has 1 unspecified atom stereocenters. The first kappa shape index (κ1) is 42.4. The summed E-state index contributed by atoms with van der Waals surface area (Å²) in [4.78, 5) is 5.44. The van der Waals surface area contributed by atoms with Gasteiger partial charge in [-0.1, -0.05) is 220 Å². The van der Waals surface area contributed by atoms with Crippen molar-refractivity contribution in [2.45, 2.75) is 252 Å². The highest BCUT2D eigenvalue weighted by atomic mass is 15.4. The Balaban J connectivity index is 2.14. The molecule has 1 rings (SSSR count). The maximum atomic E-state index is 2.72. The third-order valence-corrected chi connectivity index (χ3v) is 10.6. The normalized spacial score (nSPS) is 14.8. The van der Waals surface area contributed by atoms with Crippen LogP contribution in [0.15, 0.2) is 12.4 Å². The smallest absolute Gasteiger partial charge is 0.101 e. The van der Waals surface area contributed by atoms with Gasteiger partial charge in [0, 0.05) is 25.5 Å². The molecule has 0 aliphatic carbocycles. The zero-order valence-corrected chi connectivity index (χ0v) is 31.8. The van der Waals surface area contributed by atoms with Crippen molar-refractivity contribution in [3.05, 3.63) is 12.4 Å². The van der Waals surface area contributed by atoms with E-state index in [9.17, 15) is 0 Å². The van der Waals surface area contributed by atoms with Crippen molar-refractivity contribution in [1.29, 1.82) is 0 Å². The summed E-state index contributed by atoms with van der Waals surface area (Å²) in [6, 6.07) is 0. The van der Waals surface area contributed by atoms with Crippen molar-refractivity contribution in [2.24, 2.45) is 0 Å². The summed E-state index contributed by atoms with van der Waals surface area (Å²) in [6.45, 7) is 9.49. The fourth-order valence-electron chi connectivity index (χ4n) is 7.42. The molecule has 268 valence electrons. The fourth-order valence-corrected chi connectivity index (χ4v) is 7.42. The maximum absolute atomic E-state index is 2.72. The van der Waals surface area contributed by atoms with Crippen molar-refractivity contribution in [1.82, 2.24) is 9.80 Å². The van der Waals surface area contributed by atoms with Crippen molar-refractivity contribution in [2.75, 3.05) is 13.1 Å². The molecule has 0 spiro atoms. The van der Waals surface area contributed by atoms with Gasteiger partial charge in [0.05, 0.1) is 0 Å². The summed E-state index contributed by atoms with van der Waals surface area (Å²) >= 11 is 0. The van der Waals surface area contributed by atoms with E-state index in [0.717, 1.165) is 0 Å². The lowest BCUT2D eigenvalue weighted by molar-refractivity contribution is 0.135. The average molecular weight is 631 g/mol. The van der Waals surface area contributed by atoms with Crippen LogP contribution in [0.5, 0.6) is 0 Å². The quantitative estimate of drug-likeness (QED) is 0.0630. The van der Waals surface area contributed by atoms with Gasteiger partial charge in [0.1, 0.15) is 6.17 Å². The van der Waals surface area contributed by atoms with E-state index in [-0.39, 0.29) is 0 Å². The molecule has 0 radical (unpaired) electrons. The third kappa shape index (κ3) is 27.0. The Kier molecular flexibility index (Phi) is 32.6. The first-order valence-electron chi connectivity index (χ1n) is 21.5. The van der Waals surface area contributed by atoms with Gasteiger partial charge in [-0.15, -0.1) is 0 Å². The van der Waals surface area contributed by atoms with Gasteiger partial charge in [-0.25, -0.2) is 0 Å². The second-order valence-corrected chi connectivity index (χ2v) is 15.0. The Labute approximate surface area is 286 Å². The fraction of sp³-hybridized carbons (Fsp3) is 0.953. The molecule has 0 saturated heterocycles. The van der Waals surface area contributed by atoms with Crippen molar-refractivity contribution >= 4 is 0 Å². The monoisotopic (exact) mass is 631 g/mol. The van der Waals surface area contributed by atoms with Crippen molar-refractivity contribution in [3.63, 3.8) is 0 Å². The van der Waals surface area contributed by atoms with Crippen LogP contribution in [-0.2, 0) is 0 Å². The summed E-state index contributed by atoms with van der Waals surface area (Å²) in [5.74, 6) is 0.